The largest absolute Gasteiger partial charge is 0.504 e. The van der Waals surface area contributed by atoms with Gasteiger partial charge in [-0.25, -0.2) is 0 Å². The first kappa shape index (κ1) is 19.3. The lowest BCUT2D eigenvalue weighted by Gasteiger charge is -2.15. The van der Waals surface area contributed by atoms with E-state index in [0.717, 1.165) is 16.1 Å². The number of amides is 1. The lowest BCUT2D eigenvalue weighted by atomic mass is 10.2. The minimum absolute atomic E-state index is 0.0259. The lowest BCUT2D eigenvalue weighted by Crippen LogP contribution is -2.27. The number of phenolic OH excluding ortho intramolecular Hbond substituents is 1. The normalized spacial score (nSPS) is 15.8. The minimum Gasteiger partial charge on any atom is -0.504 e. The second kappa shape index (κ2) is 8.04. The van der Waals surface area contributed by atoms with Crippen molar-refractivity contribution in [2.75, 3.05) is 18.3 Å². The first-order valence-corrected chi connectivity index (χ1v) is 10.7. The van der Waals surface area contributed by atoms with Gasteiger partial charge < -0.3 is 9.84 Å². The molecule has 1 amide bonds. The van der Waals surface area contributed by atoms with Gasteiger partial charge in [-0.15, -0.1) is 11.8 Å². The molecule has 26 heavy (non-hydrogen) atoms. The number of rotatable bonds is 4. The Balaban J connectivity index is 1.97. The number of methoxy groups -OCH3 is 1. The van der Waals surface area contributed by atoms with Crippen molar-refractivity contribution in [1.29, 1.82) is 0 Å². The zero-order chi connectivity index (χ0) is 18.8. The molecule has 3 rings (SSSR count). The van der Waals surface area contributed by atoms with E-state index in [1.807, 2.05) is 30.5 Å². The van der Waals surface area contributed by atoms with Gasteiger partial charge in [0.2, 0.25) is 0 Å². The molecule has 2 aromatic carbocycles. The summed E-state index contributed by atoms with van der Waals surface area (Å²) in [6.45, 7) is 0. The lowest BCUT2D eigenvalue weighted by molar-refractivity contribution is -0.113. The standard InChI is InChI=1S/C18H14BrNO3S3/c1-23-15-6-10(13(19)9-14(15)21)7-16-17(22)20(18(24)26-16)11-4-3-5-12(8-11)25-2/h3-9,21H,1-2H3/b16-7-. The number of nitrogens with zero attached hydrogens (tertiary/aromatic N) is 1. The van der Waals surface area contributed by atoms with Crippen LogP contribution >= 0.6 is 51.7 Å². The second-order valence-electron chi connectivity index (χ2n) is 5.26. The third kappa shape index (κ3) is 3.78. The molecule has 134 valence electrons. The SMILES string of the molecule is COc1cc(/C=C2\SC(=S)N(c3cccc(SC)c3)C2=O)c(Br)cc1O. The van der Waals surface area contributed by atoms with Gasteiger partial charge in [0.25, 0.3) is 5.91 Å². The molecule has 1 N–H and O–H groups in total. The molecule has 1 aliphatic rings. The number of benzene rings is 2. The zero-order valence-corrected chi connectivity index (χ0v) is 17.9. The van der Waals surface area contributed by atoms with Crippen molar-refractivity contribution < 1.29 is 14.6 Å². The maximum atomic E-state index is 12.9. The Hall–Kier alpha value is -1.48. The zero-order valence-electron chi connectivity index (χ0n) is 13.9. The summed E-state index contributed by atoms with van der Waals surface area (Å²) in [5, 5.41) is 9.83. The summed E-state index contributed by atoms with van der Waals surface area (Å²) in [6.07, 6.45) is 3.73. The quantitative estimate of drug-likeness (QED) is 0.374. The predicted molar refractivity (Wildman–Crippen MR) is 116 cm³/mol. The highest BCUT2D eigenvalue weighted by molar-refractivity contribution is 9.10. The van der Waals surface area contributed by atoms with E-state index < -0.39 is 0 Å². The fourth-order valence-corrected chi connectivity index (χ4v) is 4.60. The van der Waals surface area contributed by atoms with Crippen LogP contribution in [0.25, 0.3) is 6.08 Å². The van der Waals surface area contributed by atoms with Crippen LogP contribution in [0.3, 0.4) is 0 Å². The molecule has 1 saturated heterocycles. The monoisotopic (exact) mass is 467 g/mol. The summed E-state index contributed by atoms with van der Waals surface area (Å²) >= 11 is 11.7. The van der Waals surface area contributed by atoms with Gasteiger partial charge in [0, 0.05) is 9.37 Å². The van der Waals surface area contributed by atoms with E-state index >= 15 is 0 Å². The van der Waals surface area contributed by atoms with Crippen LogP contribution in [-0.4, -0.2) is 28.7 Å². The molecule has 0 radical (unpaired) electrons. The van der Waals surface area contributed by atoms with Gasteiger partial charge in [-0.1, -0.05) is 46.0 Å². The van der Waals surface area contributed by atoms with E-state index in [1.165, 1.54) is 29.8 Å². The fraction of sp³-hybridized carbons (Fsp3) is 0.111. The molecular formula is C18H14BrNO3S3. The second-order valence-corrected chi connectivity index (χ2v) is 8.67. The molecule has 0 bridgehead atoms. The Morgan fingerprint density at radius 1 is 1.35 bits per heavy atom. The number of aromatic hydroxyl groups is 1. The first-order valence-electron chi connectivity index (χ1n) is 7.43. The molecule has 0 atom stereocenters. The topological polar surface area (TPSA) is 49.8 Å². The van der Waals surface area contributed by atoms with E-state index in [0.29, 0.717) is 19.4 Å². The van der Waals surface area contributed by atoms with Crippen molar-refractivity contribution in [3.63, 3.8) is 0 Å². The number of carbonyl (C=O) groups excluding carboxylic acids is 1. The van der Waals surface area contributed by atoms with Crippen LogP contribution in [0.1, 0.15) is 5.56 Å². The van der Waals surface area contributed by atoms with Crippen LogP contribution in [-0.2, 0) is 4.79 Å². The fourth-order valence-electron chi connectivity index (χ4n) is 2.41. The maximum absolute atomic E-state index is 12.9. The summed E-state index contributed by atoms with van der Waals surface area (Å²) in [5.74, 6) is 0.192. The van der Waals surface area contributed by atoms with Crippen LogP contribution in [0.5, 0.6) is 11.5 Å². The van der Waals surface area contributed by atoms with Gasteiger partial charge in [-0.05, 0) is 48.2 Å². The number of carbonyl (C=O) groups is 1. The van der Waals surface area contributed by atoms with Crippen molar-refractivity contribution in [1.82, 2.24) is 0 Å². The maximum Gasteiger partial charge on any atom is 0.270 e. The molecular weight excluding hydrogens is 454 g/mol. The minimum atomic E-state index is -0.169. The Morgan fingerprint density at radius 3 is 2.81 bits per heavy atom. The van der Waals surface area contributed by atoms with Crippen molar-refractivity contribution in [3.8, 4) is 11.5 Å². The number of ether oxygens (including phenoxy) is 1. The van der Waals surface area contributed by atoms with Crippen molar-refractivity contribution in [2.24, 2.45) is 0 Å². The number of halogens is 1. The Labute approximate surface area is 173 Å². The smallest absolute Gasteiger partial charge is 0.270 e. The number of phenols is 1. The van der Waals surface area contributed by atoms with Gasteiger partial charge in [-0.3, -0.25) is 9.69 Å². The van der Waals surface area contributed by atoms with E-state index in [2.05, 4.69) is 15.9 Å². The van der Waals surface area contributed by atoms with E-state index in [1.54, 1.807) is 23.9 Å². The Kier molecular flexibility index (Phi) is 5.96. The summed E-state index contributed by atoms with van der Waals surface area (Å²) in [7, 11) is 1.48. The average Bonchev–Trinajstić information content (AvgIpc) is 2.90. The molecule has 0 aliphatic carbocycles. The van der Waals surface area contributed by atoms with Gasteiger partial charge >= 0.3 is 0 Å². The van der Waals surface area contributed by atoms with E-state index in [9.17, 15) is 9.90 Å². The van der Waals surface area contributed by atoms with Crippen LogP contribution in [0.2, 0.25) is 0 Å². The molecule has 8 heteroatoms. The highest BCUT2D eigenvalue weighted by Crippen LogP contribution is 2.39. The van der Waals surface area contributed by atoms with Crippen molar-refractivity contribution in [2.45, 2.75) is 4.90 Å². The van der Waals surface area contributed by atoms with Crippen molar-refractivity contribution >= 4 is 73.7 Å². The molecule has 1 heterocycles. The van der Waals surface area contributed by atoms with Crippen LogP contribution in [0.4, 0.5) is 5.69 Å². The van der Waals surface area contributed by atoms with E-state index in [-0.39, 0.29) is 11.7 Å². The molecule has 4 nitrogen and oxygen atoms in total. The summed E-state index contributed by atoms with van der Waals surface area (Å²) in [4.78, 5) is 16.0. The van der Waals surface area contributed by atoms with Crippen LogP contribution in [0.15, 0.2) is 50.7 Å². The van der Waals surface area contributed by atoms with Gasteiger partial charge in [0.1, 0.15) is 0 Å². The summed E-state index contributed by atoms with van der Waals surface area (Å²) < 4.78 is 6.28. The molecule has 1 aliphatic heterocycles. The van der Waals surface area contributed by atoms with Gasteiger partial charge in [0.05, 0.1) is 17.7 Å². The average molecular weight is 468 g/mol. The number of hydrogen-bond donors (Lipinski definition) is 1. The molecule has 0 aromatic heterocycles. The van der Waals surface area contributed by atoms with Gasteiger partial charge in [-0.2, -0.15) is 0 Å². The first-order chi connectivity index (χ1) is 12.4. The predicted octanol–water partition coefficient (Wildman–Crippen LogP) is 5.29. The molecule has 1 fully saturated rings. The van der Waals surface area contributed by atoms with E-state index in [4.69, 9.17) is 17.0 Å². The Bertz CT molecular complexity index is 930. The van der Waals surface area contributed by atoms with Crippen LogP contribution in [0, 0.1) is 0 Å². The number of hydrogen-bond acceptors (Lipinski definition) is 6. The third-order valence-electron chi connectivity index (χ3n) is 3.69. The van der Waals surface area contributed by atoms with Crippen LogP contribution < -0.4 is 9.64 Å². The third-order valence-corrected chi connectivity index (χ3v) is 6.40. The van der Waals surface area contributed by atoms with Gasteiger partial charge in [0.15, 0.2) is 15.8 Å². The molecule has 0 unspecified atom stereocenters. The number of thiocarbonyl (C=S) groups is 1. The highest BCUT2D eigenvalue weighted by Gasteiger charge is 2.33. The number of thioether (sulfide) groups is 2. The molecule has 0 spiro atoms. The summed E-state index contributed by atoms with van der Waals surface area (Å²) in [6, 6.07) is 10.9. The van der Waals surface area contributed by atoms with Crippen molar-refractivity contribution in [3.05, 3.63) is 51.3 Å². The molecule has 0 saturated carbocycles. The molecule has 2 aromatic rings. The highest BCUT2D eigenvalue weighted by atomic mass is 79.9. The summed E-state index contributed by atoms with van der Waals surface area (Å²) in [5.41, 5.74) is 1.48. The number of anilines is 1. The Morgan fingerprint density at radius 2 is 2.12 bits per heavy atom.